The first-order valence-electron chi connectivity index (χ1n) is 13.2. The zero-order valence-corrected chi connectivity index (χ0v) is 22.9. The van der Waals surface area contributed by atoms with Gasteiger partial charge in [-0.1, -0.05) is 106 Å². The van der Waals surface area contributed by atoms with Gasteiger partial charge in [-0.15, -0.1) is 0 Å². The van der Waals surface area contributed by atoms with E-state index in [0.29, 0.717) is 0 Å². The number of unbranched alkanes of at least 4 members (excludes halogenated alkanes) is 2. The van der Waals surface area contributed by atoms with Crippen molar-refractivity contribution in [3.8, 4) is 5.75 Å². The normalized spacial score (nSPS) is 9.97. The van der Waals surface area contributed by atoms with E-state index in [1.165, 1.54) is 78.3 Å². The van der Waals surface area contributed by atoms with Crippen LogP contribution in [-0.4, -0.2) is 7.11 Å². The molecule has 3 aromatic carbocycles. The van der Waals surface area contributed by atoms with Crippen LogP contribution in [-0.2, 0) is 19.3 Å². The predicted molar refractivity (Wildman–Crippen MR) is 151 cm³/mol. The Kier molecular flexibility index (Phi) is 15.5. The molecule has 1 heteroatoms. The van der Waals surface area contributed by atoms with Crippen molar-refractivity contribution in [3.05, 3.63) is 100 Å². The summed E-state index contributed by atoms with van der Waals surface area (Å²) in [4.78, 5) is 0. The molecule has 0 heterocycles. The monoisotopic (exact) mass is 460 g/mol. The lowest BCUT2D eigenvalue weighted by atomic mass is 10.0. The van der Waals surface area contributed by atoms with Crippen molar-refractivity contribution in [3.63, 3.8) is 0 Å². The van der Waals surface area contributed by atoms with E-state index < -0.39 is 0 Å². The van der Waals surface area contributed by atoms with E-state index in [0.717, 1.165) is 12.2 Å². The lowest BCUT2D eigenvalue weighted by Crippen LogP contribution is -1.90. The van der Waals surface area contributed by atoms with Crippen molar-refractivity contribution < 1.29 is 4.74 Å². The molecule has 0 amide bonds. The molecule has 0 radical (unpaired) electrons. The topological polar surface area (TPSA) is 9.23 Å². The van der Waals surface area contributed by atoms with Crippen molar-refractivity contribution >= 4 is 0 Å². The van der Waals surface area contributed by atoms with E-state index in [2.05, 4.69) is 108 Å². The van der Waals surface area contributed by atoms with Gasteiger partial charge in [-0.05, 0) is 86.8 Å². The third-order valence-corrected chi connectivity index (χ3v) is 6.01. The second-order valence-electron chi connectivity index (χ2n) is 9.17. The molecule has 0 saturated carbocycles. The number of ether oxygens (including phenoxy) is 1. The Hall–Kier alpha value is -2.54. The molecule has 34 heavy (non-hydrogen) atoms. The first-order chi connectivity index (χ1) is 16.4. The van der Waals surface area contributed by atoms with Crippen LogP contribution in [0.5, 0.6) is 5.75 Å². The van der Waals surface area contributed by atoms with Crippen molar-refractivity contribution in [1.82, 2.24) is 0 Å². The maximum atomic E-state index is 5.27. The Balaban J connectivity index is 0.000000257. The maximum absolute atomic E-state index is 5.27. The highest BCUT2D eigenvalue weighted by atomic mass is 16.5. The lowest BCUT2D eigenvalue weighted by Gasteiger charge is -2.06. The summed E-state index contributed by atoms with van der Waals surface area (Å²) in [6.07, 6.45) is 9.95. The fourth-order valence-corrected chi connectivity index (χ4v) is 3.70. The molecule has 0 atom stereocenters. The Bertz CT molecular complexity index is 908. The summed E-state index contributed by atoms with van der Waals surface area (Å²) in [6.45, 7) is 13.0. The molecule has 0 fully saturated rings. The highest BCUT2D eigenvalue weighted by Crippen LogP contribution is 2.20. The number of hydrogen-bond donors (Lipinski definition) is 0. The molecule has 0 bridgehead atoms. The van der Waals surface area contributed by atoms with Gasteiger partial charge in [0.1, 0.15) is 5.75 Å². The molecule has 3 rings (SSSR count). The molecular weight excluding hydrogens is 412 g/mol. The van der Waals surface area contributed by atoms with Gasteiger partial charge in [0.05, 0.1) is 7.11 Å². The summed E-state index contributed by atoms with van der Waals surface area (Å²) in [7, 11) is 1.73. The Morgan fingerprint density at radius 1 is 0.588 bits per heavy atom. The SMILES string of the molecule is CCCCc1ccc(C)c(OC)c1.CCCCc1ccccc1C.CCCc1ccc(C)cc1. The minimum absolute atomic E-state index is 1.01. The van der Waals surface area contributed by atoms with E-state index in [4.69, 9.17) is 4.74 Å². The molecule has 0 aromatic heterocycles. The lowest BCUT2D eigenvalue weighted by molar-refractivity contribution is 0.411. The van der Waals surface area contributed by atoms with Gasteiger partial charge in [0.2, 0.25) is 0 Å². The fourth-order valence-electron chi connectivity index (χ4n) is 3.70. The third kappa shape index (κ3) is 12.1. The number of methoxy groups -OCH3 is 1. The highest BCUT2D eigenvalue weighted by molar-refractivity contribution is 5.36. The maximum Gasteiger partial charge on any atom is 0.122 e. The van der Waals surface area contributed by atoms with Gasteiger partial charge in [0.25, 0.3) is 0 Å². The average molecular weight is 461 g/mol. The Labute approximate surface area is 210 Å². The number of hydrogen-bond acceptors (Lipinski definition) is 1. The van der Waals surface area contributed by atoms with E-state index in [-0.39, 0.29) is 0 Å². The molecule has 0 unspecified atom stereocenters. The summed E-state index contributed by atoms with van der Waals surface area (Å²) >= 11 is 0. The second kappa shape index (κ2) is 17.9. The zero-order valence-electron chi connectivity index (χ0n) is 22.9. The van der Waals surface area contributed by atoms with Crippen LogP contribution in [0.2, 0.25) is 0 Å². The van der Waals surface area contributed by atoms with Crippen molar-refractivity contribution in [2.45, 2.75) is 92.9 Å². The van der Waals surface area contributed by atoms with Crippen LogP contribution < -0.4 is 4.74 Å². The largest absolute Gasteiger partial charge is 0.496 e. The van der Waals surface area contributed by atoms with Crippen LogP contribution in [0.4, 0.5) is 0 Å². The van der Waals surface area contributed by atoms with Gasteiger partial charge in [-0.25, -0.2) is 0 Å². The van der Waals surface area contributed by atoms with Crippen LogP contribution in [0, 0.1) is 20.8 Å². The zero-order chi connectivity index (χ0) is 25.2. The highest BCUT2D eigenvalue weighted by Gasteiger charge is 1.99. The molecule has 1 nitrogen and oxygen atoms in total. The molecular formula is C33H48O. The molecule has 3 aromatic rings. The second-order valence-corrected chi connectivity index (χ2v) is 9.17. The smallest absolute Gasteiger partial charge is 0.122 e. The summed E-state index contributed by atoms with van der Waals surface area (Å²) in [5.74, 6) is 1.01. The standard InChI is InChI=1S/C12H18O.C11H16.C10H14/c1-4-5-6-11-8-7-10(2)12(9-11)13-3;1-3-4-8-11-9-6-5-7-10(11)2;1-3-4-10-7-5-9(2)6-8-10/h7-9H,4-6H2,1-3H3;5-7,9H,3-4,8H2,1-2H3;5-8H,3-4H2,1-2H3. The van der Waals surface area contributed by atoms with Crippen molar-refractivity contribution in [1.29, 1.82) is 0 Å². The average Bonchev–Trinajstić information content (AvgIpc) is 2.85. The van der Waals surface area contributed by atoms with Gasteiger partial charge >= 0.3 is 0 Å². The first-order valence-corrected chi connectivity index (χ1v) is 13.2. The first kappa shape index (κ1) is 29.5. The minimum atomic E-state index is 1.01. The summed E-state index contributed by atoms with van der Waals surface area (Å²) in [5.41, 5.74) is 8.33. The molecule has 0 aliphatic carbocycles. The van der Waals surface area contributed by atoms with Crippen LogP contribution in [0.15, 0.2) is 66.7 Å². The Morgan fingerprint density at radius 2 is 1.21 bits per heavy atom. The predicted octanol–water partition coefficient (Wildman–Crippen LogP) is 9.63. The van der Waals surface area contributed by atoms with Gasteiger partial charge < -0.3 is 4.74 Å². The van der Waals surface area contributed by atoms with E-state index in [9.17, 15) is 0 Å². The van der Waals surface area contributed by atoms with Crippen LogP contribution >= 0.6 is 0 Å². The number of rotatable bonds is 9. The van der Waals surface area contributed by atoms with E-state index >= 15 is 0 Å². The summed E-state index contributed by atoms with van der Waals surface area (Å²) < 4.78 is 5.27. The third-order valence-electron chi connectivity index (χ3n) is 6.01. The van der Waals surface area contributed by atoms with E-state index in [1.54, 1.807) is 7.11 Å². The summed E-state index contributed by atoms with van der Waals surface area (Å²) in [5, 5.41) is 0. The molecule has 0 aliphatic heterocycles. The molecule has 0 spiro atoms. The molecule has 0 N–H and O–H groups in total. The minimum Gasteiger partial charge on any atom is -0.496 e. The van der Waals surface area contributed by atoms with Crippen LogP contribution in [0.25, 0.3) is 0 Å². The molecule has 0 saturated heterocycles. The van der Waals surface area contributed by atoms with Gasteiger partial charge in [0, 0.05) is 0 Å². The number of aryl methyl sites for hydroxylation is 6. The quantitative estimate of drug-likeness (QED) is 0.309. The van der Waals surface area contributed by atoms with Gasteiger partial charge in [-0.3, -0.25) is 0 Å². The fraction of sp³-hybridized carbons (Fsp3) is 0.455. The van der Waals surface area contributed by atoms with Crippen molar-refractivity contribution in [2.24, 2.45) is 0 Å². The van der Waals surface area contributed by atoms with Gasteiger partial charge in [-0.2, -0.15) is 0 Å². The van der Waals surface area contributed by atoms with Gasteiger partial charge in [0.15, 0.2) is 0 Å². The van der Waals surface area contributed by atoms with Crippen molar-refractivity contribution in [2.75, 3.05) is 7.11 Å². The van der Waals surface area contributed by atoms with E-state index in [1.807, 2.05) is 0 Å². The Morgan fingerprint density at radius 3 is 1.79 bits per heavy atom. The number of benzene rings is 3. The molecule has 186 valence electrons. The molecule has 0 aliphatic rings. The van der Waals surface area contributed by atoms with Crippen LogP contribution in [0.3, 0.4) is 0 Å². The summed E-state index contributed by atoms with van der Waals surface area (Å²) in [6, 6.07) is 23.9. The van der Waals surface area contributed by atoms with Crippen LogP contribution in [0.1, 0.15) is 86.3 Å².